The number of amides is 1. The first-order valence-electron chi connectivity index (χ1n) is 9.72. The second-order valence-electron chi connectivity index (χ2n) is 7.36. The summed E-state index contributed by atoms with van der Waals surface area (Å²) < 4.78 is 46.1. The van der Waals surface area contributed by atoms with Gasteiger partial charge in [0.2, 0.25) is 10.0 Å². The van der Waals surface area contributed by atoms with E-state index < -0.39 is 10.0 Å². The summed E-state index contributed by atoms with van der Waals surface area (Å²) in [5.41, 5.74) is 1.03. The van der Waals surface area contributed by atoms with E-state index in [4.69, 9.17) is 4.74 Å². The number of ether oxygens (including phenoxy) is 1. The van der Waals surface area contributed by atoms with Gasteiger partial charge in [-0.15, -0.1) is 0 Å². The van der Waals surface area contributed by atoms with Crippen LogP contribution in [0.3, 0.4) is 0 Å². The third kappa shape index (κ3) is 4.73. The van der Waals surface area contributed by atoms with Crippen molar-refractivity contribution >= 4 is 21.6 Å². The van der Waals surface area contributed by atoms with Crippen molar-refractivity contribution in [3.05, 3.63) is 53.8 Å². The average molecular weight is 436 g/mol. The van der Waals surface area contributed by atoms with Gasteiger partial charge in [0, 0.05) is 37.9 Å². The SMILES string of the molecule is COc1ccc(S(=O)(=O)N2CCN(c3ccc(F)cc3)CC2)cc1C(=O)NC(C)C. The Balaban J connectivity index is 1.78. The Labute approximate surface area is 176 Å². The lowest BCUT2D eigenvalue weighted by molar-refractivity contribution is 0.0940. The van der Waals surface area contributed by atoms with Crippen LogP contribution in [0.25, 0.3) is 0 Å². The number of piperazine rings is 1. The van der Waals surface area contributed by atoms with E-state index >= 15 is 0 Å². The summed E-state index contributed by atoms with van der Waals surface area (Å²) in [4.78, 5) is 14.5. The highest BCUT2D eigenvalue weighted by Gasteiger charge is 2.30. The first-order chi connectivity index (χ1) is 14.2. The second-order valence-corrected chi connectivity index (χ2v) is 9.30. The predicted octanol–water partition coefficient (Wildman–Crippen LogP) is 2.48. The molecule has 2 aromatic rings. The van der Waals surface area contributed by atoms with Crippen LogP contribution < -0.4 is 15.0 Å². The molecule has 162 valence electrons. The van der Waals surface area contributed by atoms with Crippen molar-refractivity contribution in [1.82, 2.24) is 9.62 Å². The van der Waals surface area contributed by atoms with Gasteiger partial charge in [-0.05, 0) is 56.3 Å². The van der Waals surface area contributed by atoms with Crippen LogP contribution in [-0.4, -0.2) is 58.0 Å². The van der Waals surface area contributed by atoms with Gasteiger partial charge in [-0.25, -0.2) is 12.8 Å². The maximum atomic E-state index is 13.2. The number of rotatable bonds is 6. The zero-order valence-corrected chi connectivity index (χ0v) is 18.1. The maximum Gasteiger partial charge on any atom is 0.255 e. The minimum absolute atomic E-state index is 0.0486. The van der Waals surface area contributed by atoms with E-state index in [1.165, 1.54) is 41.7 Å². The zero-order valence-electron chi connectivity index (χ0n) is 17.3. The van der Waals surface area contributed by atoms with E-state index in [-0.39, 0.29) is 28.2 Å². The average Bonchev–Trinajstić information content (AvgIpc) is 2.73. The molecule has 0 saturated carbocycles. The largest absolute Gasteiger partial charge is 0.496 e. The zero-order chi connectivity index (χ0) is 21.9. The van der Waals surface area contributed by atoms with Crippen molar-refractivity contribution in [3.8, 4) is 5.75 Å². The molecule has 0 aliphatic carbocycles. The van der Waals surface area contributed by atoms with Gasteiger partial charge in [-0.1, -0.05) is 0 Å². The number of halogens is 1. The standard InChI is InChI=1S/C21H26FN3O4S/c1-15(2)23-21(26)19-14-18(8-9-20(19)29-3)30(27,28)25-12-10-24(11-13-25)17-6-4-16(22)5-7-17/h4-9,14-15H,10-13H2,1-3H3,(H,23,26). The fraction of sp³-hybridized carbons (Fsp3) is 0.381. The van der Waals surface area contributed by atoms with Crippen LogP contribution in [-0.2, 0) is 10.0 Å². The number of carbonyl (C=O) groups is 1. The Morgan fingerprint density at radius 1 is 1.07 bits per heavy atom. The Kier molecular flexibility index (Phi) is 6.62. The smallest absolute Gasteiger partial charge is 0.255 e. The third-order valence-corrected chi connectivity index (χ3v) is 6.80. The fourth-order valence-electron chi connectivity index (χ4n) is 3.35. The Morgan fingerprint density at radius 3 is 2.27 bits per heavy atom. The lowest BCUT2D eigenvalue weighted by Crippen LogP contribution is -2.48. The molecule has 1 aliphatic rings. The van der Waals surface area contributed by atoms with Gasteiger partial charge in [0.25, 0.3) is 5.91 Å². The molecule has 2 aromatic carbocycles. The van der Waals surface area contributed by atoms with Gasteiger partial charge >= 0.3 is 0 Å². The van der Waals surface area contributed by atoms with Crippen LogP contribution in [0, 0.1) is 5.82 Å². The highest BCUT2D eigenvalue weighted by atomic mass is 32.2. The third-order valence-electron chi connectivity index (χ3n) is 4.90. The van der Waals surface area contributed by atoms with Crippen LogP contribution in [0.5, 0.6) is 5.75 Å². The monoisotopic (exact) mass is 435 g/mol. The Bertz CT molecular complexity index is 1000. The van der Waals surface area contributed by atoms with Crippen LogP contribution in [0.4, 0.5) is 10.1 Å². The molecule has 1 fully saturated rings. The van der Waals surface area contributed by atoms with Gasteiger partial charge in [-0.2, -0.15) is 4.31 Å². The molecule has 1 heterocycles. The van der Waals surface area contributed by atoms with Gasteiger partial charge in [0.05, 0.1) is 17.6 Å². The lowest BCUT2D eigenvalue weighted by atomic mass is 10.2. The summed E-state index contributed by atoms with van der Waals surface area (Å²) in [6, 6.07) is 10.4. The molecule has 0 spiro atoms. The van der Waals surface area contributed by atoms with E-state index in [0.717, 1.165) is 5.69 Å². The second kappa shape index (κ2) is 9.01. The van der Waals surface area contributed by atoms with E-state index in [9.17, 15) is 17.6 Å². The van der Waals surface area contributed by atoms with E-state index in [0.29, 0.717) is 31.9 Å². The fourth-order valence-corrected chi connectivity index (χ4v) is 4.80. The number of carbonyl (C=O) groups excluding carboxylic acids is 1. The number of nitrogens with zero attached hydrogens (tertiary/aromatic N) is 2. The molecule has 1 saturated heterocycles. The summed E-state index contributed by atoms with van der Waals surface area (Å²) in [7, 11) is -2.34. The number of nitrogens with one attached hydrogen (secondary N) is 1. The van der Waals surface area contributed by atoms with Gasteiger partial charge in [0.15, 0.2) is 0 Å². The van der Waals surface area contributed by atoms with Gasteiger partial charge < -0.3 is 15.0 Å². The predicted molar refractivity (Wildman–Crippen MR) is 113 cm³/mol. The van der Waals surface area contributed by atoms with Crippen molar-refractivity contribution in [2.75, 3.05) is 38.2 Å². The Morgan fingerprint density at radius 2 is 1.70 bits per heavy atom. The van der Waals surface area contributed by atoms with E-state index in [1.807, 2.05) is 18.7 Å². The molecular weight excluding hydrogens is 409 g/mol. The highest BCUT2D eigenvalue weighted by molar-refractivity contribution is 7.89. The van der Waals surface area contributed by atoms with Crippen molar-refractivity contribution in [3.63, 3.8) is 0 Å². The van der Waals surface area contributed by atoms with Crippen LogP contribution in [0.2, 0.25) is 0 Å². The number of hydrogen-bond acceptors (Lipinski definition) is 5. The minimum atomic E-state index is -3.77. The molecule has 0 bridgehead atoms. The van der Waals surface area contributed by atoms with Crippen molar-refractivity contribution in [2.24, 2.45) is 0 Å². The molecule has 0 atom stereocenters. The first kappa shape index (κ1) is 22.0. The first-order valence-corrected chi connectivity index (χ1v) is 11.2. The molecule has 0 radical (unpaired) electrons. The molecule has 0 aromatic heterocycles. The number of anilines is 1. The molecule has 30 heavy (non-hydrogen) atoms. The lowest BCUT2D eigenvalue weighted by Gasteiger charge is -2.35. The minimum Gasteiger partial charge on any atom is -0.496 e. The highest BCUT2D eigenvalue weighted by Crippen LogP contribution is 2.26. The summed E-state index contributed by atoms with van der Waals surface area (Å²) >= 11 is 0. The molecular formula is C21H26FN3O4S. The molecule has 1 N–H and O–H groups in total. The number of sulfonamides is 1. The summed E-state index contributed by atoms with van der Waals surface area (Å²) in [5.74, 6) is -0.384. The molecule has 1 aliphatic heterocycles. The maximum absolute atomic E-state index is 13.2. The van der Waals surface area contributed by atoms with Crippen LogP contribution >= 0.6 is 0 Å². The van der Waals surface area contributed by atoms with Crippen molar-refractivity contribution in [1.29, 1.82) is 0 Å². The van der Waals surface area contributed by atoms with E-state index in [1.54, 1.807) is 12.1 Å². The summed E-state index contributed by atoms with van der Waals surface area (Å²) in [5, 5.41) is 2.76. The molecule has 9 heteroatoms. The normalized spacial score (nSPS) is 15.3. The molecule has 0 unspecified atom stereocenters. The number of methoxy groups -OCH3 is 1. The van der Waals surface area contributed by atoms with Crippen molar-refractivity contribution in [2.45, 2.75) is 24.8 Å². The van der Waals surface area contributed by atoms with Gasteiger partial charge in [-0.3, -0.25) is 4.79 Å². The van der Waals surface area contributed by atoms with E-state index in [2.05, 4.69) is 5.32 Å². The van der Waals surface area contributed by atoms with Crippen molar-refractivity contribution < 1.29 is 22.3 Å². The Hall–Kier alpha value is -2.65. The summed E-state index contributed by atoms with van der Waals surface area (Å²) in [6.45, 7) is 5.21. The van der Waals surface area contributed by atoms with Crippen LogP contribution in [0.1, 0.15) is 24.2 Å². The van der Waals surface area contributed by atoms with Crippen LogP contribution in [0.15, 0.2) is 47.4 Å². The quantitative estimate of drug-likeness (QED) is 0.754. The topological polar surface area (TPSA) is 79.0 Å². The van der Waals surface area contributed by atoms with Gasteiger partial charge in [0.1, 0.15) is 11.6 Å². The number of benzene rings is 2. The summed E-state index contributed by atoms with van der Waals surface area (Å²) in [6.07, 6.45) is 0. The molecule has 7 nitrogen and oxygen atoms in total. The molecule has 1 amide bonds. The molecule has 3 rings (SSSR count). The number of hydrogen-bond donors (Lipinski definition) is 1.